The third-order valence-corrected chi connectivity index (χ3v) is 2.64. The Labute approximate surface area is 102 Å². The summed E-state index contributed by atoms with van der Waals surface area (Å²) in [6, 6.07) is 0. The molecule has 1 N–H and O–H groups in total. The summed E-state index contributed by atoms with van der Waals surface area (Å²) >= 11 is 1.22. The second kappa shape index (κ2) is 4.37. The van der Waals surface area contributed by atoms with Crippen molar-refractivity contribution in [1.29, 1.82) is 0 Å². The number of thiazole rings is 1. The van der Waals surface area contributed by atoms with Crippen LogP contribution in [-0.2, 0) is 12.7 Å². The van der Waals surface area contributed by atoms with E-state index in [9.17, 15) is 18.0 Å². The molecule has 0 aromatic carbocycles. The van der Waals surface area contributed by atoms with Crippen molar-refractivity contribution in [2.24, 2.45) is 0 Å². The number of nitrogens with zero attached hydrogens (tertiary/aromatic N) is 4. The smallest absolute Gasteiger partial charge is 0.435 e. The highest BCUT2D eigenvalue weighted by molar-refractivity contribution is 7.07. The molecule has 0 amide bonds. The maximum absolute atomic E-state index is 12.7. The molecule has 2 aromatic heterocycles. The highest BCUT2D eigenvalue weighted by Crippen LogP contribution is 2.31. The lowest BCUT2D eigenvalue weighted by Crippen LogP contribution is -2.19. The number of hydrogen-bond donors (Lipinski definition) is 1. The molecule has 0 bridgehead atoms. The minimum Gasteiger partial charge on any atom is -0.476 e. The van der Waals surface area contributed by atoms with Crippen LogP contribution in [0.5, 0.6) is 0 Å². The first-order valence-corrected chi connectivity index (χ1v) is 5.45. The molecule has 2 rings (SSSR count). The minimum atomic E-state index is -4.84. The second-order valence-corrected chi connectivity index (χ2v) is 3.95. The van der Waals surface area contributed by atoms with Crippen LogP contribution in [0.1, 0.15) is 21.9 Å². The molecule has 96 valence electrons. The first-order valence-electron chi connectivity index (χ1n) is 4.50. The Kier molecular flexibility index (Phi) is 3.03. The number of hydrogen-bond acceptors (Lipinski definition) is 5. The first kappa shape index (κ1) is 12.5. The number of carbonyl (C=O) groups is 1. The number of rotatable bonds is 3. The van der Waals surface area contributed by atoms with E-state index in [0.29, 0.717) is 10.4 Å². The zero-order valence-electron chi connectivity index (χ0n) is 8.55. The van der Waals surface area contributed by atoms with E-state index in [0.717, 1.165) is 0 Å². The van der Waals surface area contributed by atoms with Gasteiger partial charge in [0.05, 0.1) is 17.7 Å². The van der Waals surface area contributed by atoms with Gasteiger partial charge in [0.1, 0.15) is 0 Å². The van der Waals surface area contributed by atoms with Crippen LogP contribution in [0.3, 0.4) is 0 Å². The van der Waals surface area contributed by atoms with Gasteiger partial charge < -0.3 is 5.11 Å². The molecule has 0 saturated carbocycles. The molecule has 10 heteroatoms. The van der Waals surface area contributed by atoms with Crippen LogP contribution < -0.4 is 0 Å². The van der Waals surface area contributed by atoms with Crippen LogP contribution in [0.25, 0.3) is 0 Å². The SMILES string of the molecule is O=C(O)c1nnn(Cc2cscn2)c1C(F)(F)F. The Morgan fingerprint density at radius 3 is 2.72 bits per heavy atom. The maximum atomic E-state index is 12.7. The average molecular weight is 278 g/mol. The molecule has 0 aliphatic heterocycles. The van der Waals surface area contributed by atoms with Crippen LogP contribution >= 0.6 is 11.3 Å². The number of alkyl halides is 3. The van der Waals surface area contributed by atoms with Crippen molar-refractivity contribution in [3.63, 3.8) is 0 Å². The van der Waals surface area contributed by atoms with E-state index >= 15 is 0 Å². The Hall–Kier alpha value is -1.97. The summed E-state index contributed by atoms with van der Waals surface area (Å²) in [7, 11) is 0. The van der Waals surface area contributed by atoms with Gasteiger partial charge in [-0.2, -0.15) is 13.2 Å². The molecular weight excluding hydrogens is 273 g/mol. The van der Waals surface area contributed by atoms with Crippen molar-refractivity contribution >= 4 is 17.3 Å². The normalized spacial score (nSPS) is 11.7. The summed E-state index contributed by atoms with van der Waals surface area (Å²) in [6.45, 7) is -0.279. The van der Waals surface area contributed by atoms with E-state index in [1.54, 1.807) is 5.38 Å². The highest BCUT2D eigenvalue weighted by Gasteiger charge is 2.41. The van der Waals surface area contributed by atoms with Gasteiger partial charge in [-0.3, -0.25) is 0 Å². The second-order valence-electron chi connectivity index (χ2n) is 3.23. The molecule has 0 aliphatic rings. The summed E-state index contributed by atoms with van der Waals surface area (Å²) < 4.78 is 38.7. The summed E-state index contributed by atoms with van der Waals surface area (Å²) in [5, 5.41) is 16.4. The highest BCUT2D eigenvalue weighted by atomic mass is 32.1. The Bertz CT molecular complexity index is 563. The molecule has 2 heterocycles. The van der Waals surface area contributed by atoms with E-state index < -0.39 is 23.5 Å². The van der Waals surface area contributed by atoms with Gasteiger partial charge in [-0.25, -0.2) is 14.5 Å². The summed E-state index contributed by atoms with van der Waals surface area (Å²) in [6.07, 6.45) is -4.84. The lowest BCUT2D eigenvalue weighted by atomic mass is 10.3. The van der Waals surface area contributed by atoms with Crippen molar-refractivity contribution in [3.8, 4) is 0 Å². The van der Waals surface area contributed by atoms with Crippen LogP contribution in [-0.4, -0.2) is 31.1 Å². The zero-order chi connectivity index (χ0) is 13.3. The Morgan fingerprint density at radius 2 is 2.22 bits per heavy atom. The van der Waals surface area contributed by atoms with Gasteiger partial charge in [0.2, 0.25) is 5.69 Å². The maximum Gasteiger partial charge on any atom is 0.435 e. The standard InChI is InChI=1S/C8H5F3N4O2S/c9-8(10,11)6-5(7(16)17)13-14-15(6)1-4-2-18-3-12-4/h2-3H,1H2,(H,16,17). The van der Waals surface area contributed by atoms with E-state index in [-0.39, 0.29) is 6.54 Å². The van der Waals surface area contributed by atoms with Crippen LogP contribution in [0.15, 0.2) is 10.9 Å². The predicted octanol–water partition coefficient (Wildman–Crippen LogP) is 1.50. The molecule has 0 atom stereocenters. The average Bonchev–Trinajstić information content (AvgIpc) is 2.85. The molecule has 0 saturated heterocycles. The quantitative estimate of drug-likeness (QED) is 0.920. The predicted molar refractivity (Wildman–Crippen MR) is 53.2 cm³/mol. The lowest BCUT2D eigenvalue weighted by Gasteiger charge is -2.08. The van der Waals surface area contributed by atoms with Gasteiger partial charge in [-0.05, 0) is 0 Å². The monoisotopic (exact) mass is 278 g/mol. The summed E-state index contributed by atoms with van der Waals surface area (Å²) in [5.41, 5.74) is -0.689. The van der Waals surface area contributed by atoms with E-state index in [1.807, 2.05) is 0 Å². The topological polar surface area (TPSA) is 80.9 Å². The van der Waals surface area contributed by atoms with Gasteiger partial charge in [0.25, 0.3) is 0 Å². The van der Waals surface area contributed by atoms with Crippen molar-refractivity contribution in [3.05, 3.63) is 28.0 Å². The van der Waals surface area contributed by atoms with Crippen LogP contribution in [0.2, 0.25) is 0 Å². The first-order chi connectivity index (χ1) is 8.39. The third kappa shape index (κ3) is 2.32. The van der Waals surface area contributed by atoms with E-state index in [4.69, 9.17) is 5.11 Å². The lowest BCUT2D eigenvalue weighted by molar-refractivity contribution is -0.144. The number of carboxylic acid groups (broad SMARTS) is 1. The molecule has 0 radical (unpaired) electrons. The molecule has 0 fully saturated rings. The van der Waals surface area contributed by atoms with Crippen molar-refractivity contribution < 1.29 is 23.1 Å². The number of halogens is 3. The van der Waals surface area contributed by atoms with Gasteiger partial charge in [0, 0.05) is 5.38 Å². The van der Waals surface area contributed by atoms with Gasteiger partial charge in [-0.15, -0.1) is 16.4 Å². The molecule has 0 spiro atoms. The number of carboxylic acids is 1. The summed E-state index contributed by atoms with van der Waals surface area (Å²) in [5.74, 6) is -1.77. The fourth-order valence-corrected chi connectivity index (χ4v) is 1.87. The molecule has 0 unspecified atom stereocenters. The molecule has 2 aromatic rings. The van der Waals surface area contributed by atoms with E-state index in [1.165, 1.54) is 16.8 Å². The fourth-order valence-electron chi connectivity index (χ4n) is 1.32. The third-order valence-electron chi connectivity index (χ3n) is 2.00. The van der Waals surface area contributed by atoms with Crippen LogP contribution in [0, 0.1) is 0 Å². The van der Waals surface area contributed by atoms with Crippen LogP contribution in [0.4, 0.5) is 13.2 Å². The van der Waals surface area contributed by atoms with Gasteiger partial charge >= 0.3 is 12.1 Å². The minimum absolute atomic E-state index is 0.279. The van der Waals surface area contributed by atoms with Crippen molar-refractivity contribution in [1.82, 2.24) is 20.0 Å². The van der Waals surface area contributed by atoms with Crippen molar-refractivity contribution in [2.75, 3.05) is 0 Å². The zero-order valence-corrected chi connectivity index (χ0v) is 9.36. The van der Waals surface area contributed by atoms with Gasteiger partial charge in [-0.1, -0.05) is 5.21 Å². The molecule has 6 nitrogen and oxygen atoms in total. The van der Waals surface area contributed by atoms with Gasteiger partial charge in [0.15, 0.2) is 5.69 Å². The number of aromatic nitrogens is 4. The largest absolute Gasteiger partial charge is 0.476 e. The Morgan fingerprint density at radius 1 is 1.50 bits per heavy atom. The number of aromatic carboxylic acids is 1. The molecule has 0 aliphatic carbocycles. The fraction of sp³-hybridized carbons (Fsp3) is 0.250. The Balaban J connectivity index is 2.45. The molecular formula is C8H5F3N4O2S. The summed E-state index contributed by atoms with van der Waals surface area (Å²) in [4.78, 5) is 14.5. The molecule has 18 heavy (non-hydrogen) atoms. The van der Waals surface area contributed by atoms with E-state index in [2.05, 4.69) is 15.3 Å². The van der Waals surface area contributed by atoms with Crippen molar-refractivity contribution in [2.45, 2.75) is 12.7 Å².